The zero-order chi connectivity index (χ0) is 9.94. The van der Waals surface area contributed by atoms with E-state index in [0.717, 1.165) is 6.54 Å². The van der Waals surface area contributed by atoms with Crippen LogP contribution >= 0.6 is 0 Å². The minimum atomic E-state index is 1.03. The van der Waals surface area contributed by atoms with E-state index in [-0.39, 0.29) is 0 Å². The van der Waals surface area contributed by atoms with Crippen LogP contribution in [0.2, 0.25) is 0 Å². The van der Waals surface area contributed by atoms with E-state index in [1.807, 2.05) is 0 Å². The molecule has 0 aliphatic carbocycles. The Morgan fingerprint density at radius 1 is 0.846 bits per heavy atom. The van der Waals surface area contributed by atoms with Crippen molar-refractivity contribution in [1.29, 1.82) is 0 Å². The second kappa shape index (κ2) is 9.76. The molecule has 0 atom stereocenters. The van der Waals surface area contributed by atoms with E-state index in [1.54, 1.807) is 0 Å². The molecule has 0 rings (SSSR count). The van der Waals surface area contributed by atoms with Gasteiger partial charge in [-0.1, -0.05) is 33.6 Å². The molecule has 0 aliphatic rings. The molecule has 0 aromatic carbocycles. The van der Waals surface area contributed by atoms with Gasteiger partial charge in [0.15, 0.2) is 0 Å². The zero-order valence-electron chi connectivity index (χ0n) is 9.60. The molecule has 1 nitrogen and oxygen atoms in total. The van der Waals surface area contributed by atoms with Gasteiger partial charge in [0.05, 0.1) is 0 Å². The highest BCUT2D eigenvalue weighted by Gasteiger charge is 1.97. The van der Waals surface area contributed by atoms with Crippen LogP contribution < -0.4 is 0 Å². The second-order valence-corrected chi connectivity index (χ2v) is 3.66. The van der Waals surface area contributed by atoms with Crippen LogP contribution in [-0.4, -0.2) is 12.3 Å². The molecule has 0 aliphatic heterocycles. The molecule has 0 bridgehead atoms. The van der Waals surface area contributed by atoms with Gasteiger partial charge in [0.1, 0.15) is 0 Å². The third-order valence-corrected chi connectivity index (χ3v) is 2.20. The van der Waals surface area contributed by atoms with Crippen LogP contribution in [0.1, 0.15) is 65.7 Å². The predicted octanol–water partition coefficient (Wildman–Crippen LogP) is 4.22. The van der Waals surface area contributed by atoms with Crippen molar-refractivity contribution in [2.45, 2.75) is 65.7 Å². The zero-order valence-corrected chi connectivity index (χ0v) is 9.60. The van der Waals surface area contributed by atoms with E-state index >= 15 is 0 Å². The van der Waals surface area contributed by atoms with Crippen LogP contribution in [0.3, 0.4) is 0 Å². The molecule has 0 saturated heterocycles. The lowest BCUT2D eigenvalue weighted by Gasteiger charge is -2.04. The van der Waals surface area contributed by atoms with Crippen LogP contribution in [0.25, 0.3) is 0 Å². The van der Waals surface area contributed by atoms with Crippen molar-refractivity contribution < 1.29 is 0 Å². The van der Waals surface area contributed by atoms with Gasteiger partial charge in [-0.2, -0.15) is 0 Å². The summed E-state index contributed by atoms with van der Waals surface area (Å²) in [5.74, 6) is 0. The van der Waals surface area contributed by atoms with Crippen molar-refractivity contribution >= 4 is 5.71 Å². The van der Waals surface area contributed by atoms with Crippen molar-refractivity contribution in [2.75, 3.05) is 6.54 Å². The van der Waals surface area contributed by atoms with E-state index in [0.29, 0.717) is 0 Å². The van der Waals surface area contributed by atoms with Gasteiger partial charge in [0.2, 0.25) is 0 Å². The SMILES string of the molecule is CCCCC(CCCC)=NCCC. The summed E-state index contributed by atoms with van der Waals surface area (Å²) in [4.78, 5) is 4.63. The Kier molecular flexibility index (Phi) is 9.51. The summed E-state index contributed by atoms with van der Waals surface area (Å²) in [6.45, 7) is 7.72. The summed E-state index contributed by atoms with van der Waals surface area (Å²) in [6, 6.07) is 0. The van der Waals surface area contributed by atoms with Crippen molar-refractivity contribution in [3.63, 3.8) is 0 Å². The van der Waals surface area contributed by atoms with Crippen LogP contribution in [0.15, 0.2) is 4.99 Å². The van der Waals surface area contributed by atoms with Gasteiger partial charge in [0, 0.05) is 12.3 Å². The lowest BCUT2D eigenvalue weighted by atomic mass is 10.1. The fourth-order valence-corrected chi connectivity index (χ4v) is 1.31. The molecule has 0 heterocycles. The molecule has 13 heavy (non-hydrogen) atoms. The molecule has 0 fully saturated rings. The molecular weight excluding hydrogens is 158 g/mol. The van der Waals surface area contributed by atoms with Gasteiger partial charge in [-0.25, -0.2) is 0 Å². The Labute approximate surface area is 83.6 Å². The van der Waals surface area contributed by atoms with Crippen LogP contribution in [-0.2, 0) is 0 Å². The topological polar surface area (TPSA) is 12.4 Å². The molecule has 0 N–H and O–H groups in total. The minimum absolute atomic E-state index is 1.03. The first kappa shape index (κ1) is 12.7. The van der Waals surface area contributed by atoms with E-state index in [4.69, 9.17) is 0 Å². The summed E-state index contributed by atoms with van der Waals surface area (Å²) >= 11 is 0. The van der Waals surface area contributed by atoms with Gasteiger partial charge in [-0.3, -0.25) is 4.99 Å². The molecule has 1 heteroatoms. The van der Waals surface area contributed by atoms with Crippen LogP contribution in [0.5, 0.6) is 0 Å². The normalized spacial score (nSPS) is 10.1. The Bertz CT molecular complexity index is 117. The standard InChI is InChI=1S/C12H25N/c1-4-7-9-12(10-8-5-2)13-11-6-3/h4-11H2,1-3H3. The van der Waals surface area contributed by atoms with Gasteiger partial charge in [-0.05, 0) is 32.1 Å². The molecule has 0 aromatic rings. The molecule has 0 aromatic heterocycles. The number of rotatable bonds is 8. The molecular formula is C12H25N. The smallest absolute Gasteiger partial charge is 0.0386 e. The Hall–Kier alpha value is -0.330. The largest absolute Gasteiger partial charge is 0.294 e. The predicted molar refractivity (Wildman–Crippen MR) is 61.6 cm³/mol. The van der Waals surface area contributed by atoms with Gasteiger partial charge in [-0.15, -0.1) is 0 Å². The quantitative estimate of drug-likeness (QED) is 0.500. The lowest BCUT2D eigenvalue weighted by molar-refractivity contribution is 0.776. The molecule has 0 unspecified atom stereocenters. The van der Waals surface area contributed by atoms with E-state index < -0.39 is 0 Å². The molecule has 0 amide bonds. The maximum atomic E-state index is 4.63. The monoisotopic (exact) mass is 183 g/mol. The van der Waals surface area contributed by atoms with Crippen LogP contribution in [0, 0.1) is 0 Å². The summed E-state index contributed by atoms with van der Waals surface area (Å²) in [7, 11) is 0. The Morgan fingerprint density at radius 2 is 1.38 bits per heavy atom. The van der Waals surface area contributed by atoms with Crippen molar-refractivity contribution in [1.82, 2.24) is 0 Å². The highest BCUT2D eigenvalue weighted by atomic mass is 14.7. The third kappa shape index (κ3) is 8.01. The van der Waals surface area contributed by atoms with E-state index in [2.05, 4.69) is 25.8 Å². The highest BCUT2D eigenvalue weighted by molar-refractivity contribution is 5.84. The number of aliphatic imine (C=N–C) groups is 1. The number of unbranched alkanes of at least 4 members (excludes halogenated alkanes) is 2. The number of hydrogen-bond acceptors (Lipinski definition) is 1. The first-order chi connectivity index (χ1) is 6.35. The minimum Gasteiger partial charge on any atom is -0.294 e. The number of nitrogens with zero attached hydrogens (tertiary/aromatic N) is 1. The Morgan fingerprint density at radius 3 is 1.77 bits per heavy atom. The fourth-order valence-electron chi connectivity index (χ4n) is 1.31. The van der Waals surface area contributed by atoms with E-state index in [1.165, 1.54) is 50.7 Å². The Balaban J connectivity index is 3.72. The molecule has 0 radical (unpaired) electrons. The van der Waals surface area contributed by atoms with Gasteiger partial charge >= 0.3 is 0 Å². The summed E-state index contributed by atoms with van der Waals surface area (Å²) in [5, 5.41) is 0. The van der Waals surface area contributed by atoms with Crippen molar-refractivity contribution in [3.8, 4) is 0 Å². The highest BCUT2D eigenvalue weighted by Crippen LogP contribution is 2.05. The average Bonchev–Trinajstić information content (AvgIpc) is 2.17. The fraction of sp³-hybridized carbons (Fsp3) is 0.917. The summed E-state index contributed by atoms with van der Waals surface area (Å²) < 4.78 is 0. The summed E-state index contributed by atoms with van der Waals surface area (Å²) in [5.41, 5.74) is 1.46. The van der Waals surface area contributed by atoms with Crippen molar-refractivity contribution in [2.24, 2.45) is 4.99 Å². The molecule has 78 valence electrons. The van der Waals surface area contributed by atoms with E-state index in [9.17, 15) is 0 Å². The maximum Gasteiger partial charge on any atom is 0.0386 e. The molecule has 0 spiro atoms. The summed E-state index contributed by atoms with van der Waals surface area (Å²) in [6.07, 6.45) is 8.85. The van der Waals surface area contributed by atoms with Crippen molar-refractivity contribution in [3.05, 3.63) is 0 Å². The molecule has 0 saturated carbocycles. The van der Waals surface area contributed by atoms with Gasteiger partial charge < -0.3 is 0 Å². The first-order valence-electron chi connectivity index (χ1n) is 5.87. The lowest BCUT2D eigenvalue weighted by Crippen LogP contribution is -1.99. The average molecular weight is 183 g/mol. The second-order valence-electron chi connectivity index (χ2n) is 3.66. The first-order valence-corrected chi connectivity index (χ1v) is 5.87. The number of hydrogen-bond donors (Lipinski definition) is 0. The van der Waals surface area contributed by atoms with Crippen LogP contribution in [0.4, 0.5) is 0 Å². The maximum absolute atomic E-state index is 4.63. The third-order valence-electron chi connectivity index (χ3n) is 2.20. The van der Waals surface area contributed by atoms with Gasteiger partial charge in [0.25, 0.3) is 0 Å².